The number of allylic oxidation sites excluding steroid dienone is 1. The Kier molecular flexibility index (Phi) is 5.99. The predicted octanol–water partition coefficient (Wildman–Crippen LogP) is 1.21. The van der Waals surface area contributed by atoms with E-state index in [0.717, 1.165) is 58.2 Å². The molecule has 3 aliphatic rings. The molecule has 158 valence electrons. The van der Waals surface area contributed by atoms with E-state index in [4.69, 9.17) is 0 Å². The third-order valence-electron chi connectivity index (χ3n) is 6.84. The number of nitrogens with zero attached hydrogens (tertiary/aromatic N) is 5. The zero-order valence-corrected chi connectivity index (χ0v) is 17.3. The van der Waals surface area contributed by atoms with Crippen molar-refractivity contribution in [2.24, 2.45) is 5.41 Å². The van der Waals surface area contributed by atoms with Crippen LogP contribution < -0.4 is 5.32 Å². The SMILES string of the molecule is CN1CC[C@]2(C(=O)NCCn3ccnn3)CCCN(C(=O)CC3=CCCC3)[C@H]2C1. The monoisotopic (exact) mass is 400 g/mol. The van der Waals surface area contributed by atoms with Crippen LogP contribution in [0.4, 0.5) is 0 Å². The van der Waals surface area contributed by atoms with E-state index in [-0.39, 0.29) is 17.9 Å². The van der Waals surface area contributed by atoms with E-state index in [1.54, 1.807) is 17.1 Å². The fourth-order valence-electron chi connectivity index (χ4n) is 5.21. The summed E-state index contributed by atoms with van der Waals surface area (Å²) in [6, 6.07) is -0.0455. The third kappa shape index (κ3) is 4.22. The van der Waals surface area contributed by atoms with Gasteiger partial charge in [-0.1, -0.05) is 16.9 Å². The number of hydrogen-bond acceptors (Lipinski definition) is 5. The van der Waals surface area contributed by atoms with Gasteiger partial charge in [0.05, 0.1) is 24.2 Å². The van der Waals surface area contributed by atoms with Crippen molar-refractivity contribution < 1.29 is 9.59 Å². The Morgan fingerprint density at radius 1 is 1.28 bits per heavy atom. The molecule has 0 spiro atoms. The summed E-state index contributed by atoms with van der Waals surface area (Å²) >= 11 is 0. The van der Waals surface area contributed by atoms with Crippen LogP contribution in [0.3, 0.4) is 0 Å². The normalized spacial score (nSPS) is 27.4. The first-order chi connectivity index (χ1) is 14.1. The van der Waals surface area contributed by atoms with Crippen molar-refractivity contribution in [3.8, 4) is 0 Å². The lowest BCUT2D eigenvalue weighted by Crippen LogP contribution is -2.66. The zero-order valence-electron chi connectivity index (χ0n) is 17.3. The van der Waals surface area contributed by atoms with Crippen molar-refractivity contribution in [1.29, 1.82) is 0 Å². The molecule has 2 aliphatic heterocycles. The van der Waals surface area contributed by atoms with Crippen LogP contribution in [0.25, 0.3) is 0 Å². The van der Waals surface area contributed by atoms with Crippen molar-refractivity contribution in [2.45, 2.75) is 57.5 Å². The van der Waals surface area contributed by atoms with Crippen LogP contribution in [-0.2, 0) is 16.1 Å². The van der Waals surface area contributed by atoms with Crippen molar-refractivity contribution in [1.82, 2.24) is 30.1 Å². The molecule has 3 heterocycles. The van der Waals surface area contributed by atoms with Gasteiger partial charge in [0, 0.05) is 32.3 Å². The average Bonchev–Trinajstić information content (AvgIpc) is 3.41. The van der Waals surface area contributed by atoms with Crippen molar-refractivity contribution in [3.63, 3.8) is 0 Å². The molecule has 0 aromatic carbocycles. The van der Waals surface area contributed by atoms with Crippen LogP contribution in [0.1, 0.15) is 44.9 Å². The summed E-state index contributed by atoms with van der Waals surface area (Å²) in [7, 11) is 2.09. The minimum absolute atomic E-state index is 0.0455. The summed E-state index contributed by atoms with van der Waals surface area (Å²) in [4.78, 5) is 30.8. The highest BCUT2D eigenvalue weighted by molar-refractivity contribution is 5.86. The highest BCUT2D eigenvalue weighted by atomic mass is 16.2. The number of aromatic nitrogens is 3. The number of piperidine rings is 2. The molecule has 1 aliphatic carbocycles. The number of rotatable bonds is 6. The lowest BCUT2D eigenvalue weighted by molar-refractivity contribution is -0.153. The first-order valence-electron chi connectivity index (χ1n) is 10.9. The number of carbonyl (C=O) groups is 2. The maximum Gasteiger partial charge on any atom is 0.228 e. The second-order valence-corrected chi connectivity index (χ2v) is 8.73. The van der Waals surface area contributed by atoms with Crippen LogP contribution in [0.15, 0.2) is 24.0 Å². The van der Waals surface area contributed by atoms with Gasteiger partial charge in [0.15, 0.2) is 0 Å². The smallest absolute Gasteiger partial charge is 0.228 e. The lowest BCUT2D eigenvalue weighted by Gasteiger charge is -2.53. The number of nitrogens with one attached hydrogen (secondary N) is 1. The molecule has 29 heavy (non-hydrogen) atoms. The largest absolute Gasteiger partial charge is 0.354 e. The number of amides is 2. The van der Waals surface area contributed by atoms with Gasteiger partial charge in [0.25, 0.3) is 0 Å². The summed E-state index contributed by atoms with van der Waals surface area (Å²) in [5.74, 6) is 0.284. The molecule has 1 aromatic heterocycles. The Labute approximate surface area is 172 Å². The summed E-state index contributed by atoms with van der Waals surface area (Å²) in [5.41, 5.74) is 0.792. The Balaban J connectivity index is 1.46. The Bertz CT molecular complexity index is 761. The molecule has 0 saturated carbocycles. The Morgan fingerprint density at radius 2 is 2.17 bits per heavy atom. The molecule has 0 bridgehead atoms. The second kappa shape index (κ2) is 8.65. The van der Waals surface area contributed by atoms with E-state index in [0.29, 0.717) is 19.5 Å². The van der Waals surface area contributed by atoms with Gasteiger partial charge in [-0.05, 0) is 52.1 Å². The number of fused-ring (bicyclic) bond motifs is 1. The minimum Gasteiger partial charge on any atom is -0.354 e. The summed E-state index contributed by atoms with van der Waals surface area (Å²) in [6.45, 7) is 3.54. The van der Waals surface area contributed by atoms with Crippen molar-refractivity contribution >= 4 is 11.8 Å². The first kappa shape index (κ1) is 20.1. The van der Waals surface area contributed by atoms with Crippen LogP contribution >= 0.6 is 0 Å². The summed E-state index contributed by atoms with van der Waals surface area (Å²) in [5, 5.41) is 10.9. The van der Waals surface area contributed by atoms with Gasteiger partial charge in [-0.25, -0.2) is 0 Å². The average molecular weight is 401 g/mol. The summed E-state index contributed by atoms with van der Waals surface area (Å²) in [6.07, 6.45) is 12.0. The standard InChI is InChI=1S/C21H32N6O2/c1-25-12-8-21(20(29)22-9-13-26-14-10-23-24-26)7-4-11-27(18(21)16-25)19(28)15-17-5-2-3-6-17/h5,10,14,18H,2-4,6-9,11-13,15-16H2,1H3,(H,22,29)/t18-,21+/m0/s1. The number of likely N-dealkylation sites (N-methyl/N-ethyl adjacent to an activating group) is 1. The van der Waals surface area contributed by atoms with Crippen LogP contribution in [0.5, 0.6) is 0 Å². The molecule has 0 unspecified atom stereocenters. The highest BCUT2D eigenvalue weighted by Gasteiger charge is 2.53. The minimum atomic E-state index is -0.479. The molecule has 8 heteroatoms. The van der Waals surface area contributed by atoms with Gasteiger partial charge in [-0.2, -0.15) is 0 Å². The quantitative estimate of drug-likeness (QED) is 0.726. The van der Waals surface area contributed by atoms with Gasteiger partial charge in [0.1, 0.15) is 0 Å². The second-order valence-electron chi connectivity index (χ2n) is 8.73. The van der Waals surface area contributed by atoms with Crippen LogP contribution in [0.2, 0.25) is 0 Å². The molecule has 0 radical (unpaired) electrons. The van der Waals surface area contributed by atoms with Gasteiger partial charge in [0.2, 0.25) is 11.8 Å². The van der Waals surface area contributed by atoms with Crippen molar-refractivity contribution in [3.05, 3.63) is 24.0 Å². The lowest BCUT2D eigenvalue weighted by atomic mass is 9.67. The Hall–Kier alpha value is -2.22. The van der Waals surface area contributed by atoms with E-state index < -0.39 is 5.41 Å². The van der Waals surface area contributed by atoms with E-state index in [2.05, 4.69) is 33.7 Å². The third-order valence-corrected chi connectivity index (χ3v) is 6.84. The number of hydrogen-bond donors (Lipinski definition) is 1. The molecule has 2 fully saturated rings. The van der Waals surface area contributed by atoms with E-state index >= 15 is 0 Å². The summed E-state index contributed by atoms with van der Waals surface area (Å²) < 4.78 is 1.72. The number of likely N-dealkylation sites (tertiary alicyclic amines) is 2. The topological polar surface area (TPSA) is 83.4 Å². The van der Waals surface area contributed by atoms with Gasteiger partial charge < -0.3 is 15.1 Å². The van der Waals surface area contributed by atoms with Crippen LogP contribution in [0, 0.1) is 5.41 Å². The van der Waals surface area contributed by atoms with Crippen LogP contribution in [-0.4, -0.2) is 75.9 Å². The van der Waals surface area contributed by atoms with E-state index in [9.17, 15) is 9.59 Å². The molecular formula is C21H32N6O2. The van der Waals surface area contributed by atoms with E-state index in [1.165, 1.54) is 5.57 Å². The molecule has 2 amide bonds. The molecule has 1 aromatic rings. The van der Waals surface area contributed by atoms with Gasteiger partial charge >= 0.3 is 0 Å². The molecule has 2 saturated heterocycles. The van der Waals surface area contributed by atoms with Crippen molar-refractivity contribution in [2.75, 3.05) is 33.2 Å². The van der Waals surface area contributed by atoms with Gasteiger partial charge in [-0.3, -0.25) is 14.3 Å². The van der Waals surface area contributed by atoms with E-state index in [1.807, 2.05) is 4.90 Å². The Morgan fingerprint density at radius 3 is 2.93 bits per heavy atom. The number of carbonyl (C=O) groups excluding carboxylic acids is 2. The molecule has 1 N–H and O–H groups in total. The first-order valence-corrected chi connectivity index (χ1v) is 10.9. The fraction of sp³-hybridized carbons (Fsp3) is 0.714. The molecule has 2 atom stereocenters. The fourth-order valence-corrected chi connectivity index (χ4v) is 5.21. The highest BCUT2D eigenvalue weighted by Crippen LogP contribution is 2.43. The van der Waals surface area contributed by atoms with Gasteiger partial charge in [-0.15, -0.1) is 5.10 Å². The maximum absolute atomic E-state index is 13.4. The zero-order chi connectivity index (χ0) is 20.3. The molecular weight excluding hydrogens is 368 g/mol. The molecule has 4 rings (SSSR count). The predicted molar refractivity (Wildman–Crippen MR) is 109 cm³/mol. The molecule has 8 nitrogen and oxygen atoms in total. The maximum atomic E-state index is 13.4.